The Morgan fingerprint density at radius 3 is 2.67 bits per heavy atom. The predicted octanol–water partition coefficient (Wildman–Crippen LogP) is 2.99. The van der Waals surface area contributed by atoms with Gasteiger partial charge in [-0.15, -0.1) is 0 Å². The monoisotopic (exact) mass is 339 g/mol. The summed E-state index contributed by atoms with van der Waals surface area (Å²) in [5.74, 6) is -0.495. The fourth-order valence-corrected chi connectivity index (χ4v) is 3.52. The van der Waals surface area contributed by atoms with Crippen molar-refractivity contribution >= 4 is 40.0 Å². The number of benzene rings is 2. The van der Waals surface area contributed by atoms with Crippen LogP contribution in [0.4, 0.5) is 11.4 Å². The lowest BCUT2D eigenvalue weighted by Gasteiger charge is -2.10. The summed E-state index contributed by atoms with van der Waals surface area (Å²) >= 11 is 1.29. The Kier molecular flexibility index (Phi) is 4.66. The van der Waals surface area contributed by atoms with E-state index >= 15 is 0 Å². The van der Waals surface area contributed by atoms with Crippen LogP contribution in [-0.4, -0.2) is 22.1 Å². The van der Waals surface area contributed by atoms with Gasteiger partial charge in [0.2, 0.25) is 5.91 Å². The maximum absolute atomic E-state index is 12.2. The molecule has 0 spiro atoms. The van der Waals surface area contributed by atoms with Gasteiger partial charge in [0.05, 0.1) is 0 Å². The highest BCUT2D eigenvalue weighted by molar-refractivity contribution is 8.16. The predicted molar refractivity (Wildman–Crippen MR) is 98.2 cm³/mol. The van der Waals surface area contributed by atoms with Crippen molar-refractivity contribution < 1.29 is 9.59 Å². The number of hydrogen-bond donors (Lipinski definition) is 2. The van der Waals surface area contributed by atoms with E-state index in [2.05, 4.69) is 10.3 Å². The lowest BCUT2D eigenvalue weighted by molar-refractivity contribution is -0.121. The maximum atomic E-state index is 12.2. The van der Waals surface area contributed by atoms with E-state index in [1.165, 1.54) is 11.8 Å². The molecule has 122 valence electrons. The summed E-state index contributed by atoms with van der Waals surface area (Å²) in [5.41, 5.74) is 8.96. The van der Waals surface area contributed by atoms with Gasteiger partial charge in [-0.25, -0.2) is 4.99 Å². The Labute approximate surface area is 144 Å². The molecular weight excluding hydrogens is 322 g/mol. The van der Waals surface area contributed by atoms with Crippen LogP contribution in [-0.2, 0) is 9.59 Å². The molecule has 3 N–H and O–H groups in total. The van der Waals surface area contributed by atoms with Gasteiger partial charge in [-0.3, -0.25) is 9.59 Å². The second-order valence-corrected chi connectivity index (χ2v) is 6.71. The van der Waals surface area contributed by atoms with Crippen molar-refractivity contribution in [2.24, 2.45) is 4.99 Å². The van der Waals surface area contributed by atoms with Crippen molar-refractivity contribution in [3.8, 4) is 0 Å². The van der Waals surface area contributed by atoms with Gasteiger partial charge in [0, 0.05) is 23.4 Å². The van der Waals surface area contributed by atoms with Crippen LogP contribution >= 0.6 is 11.8 Å². The van der Waals surface area contributed by atoms with Gasteiger partial charge >= 0.3 is 0 Å². The fraction of sp³-hybridized carbons (Fsp3) is 0.167. The summed E-state index contributed by atoms with van der Waals surface area (Å²) in [5, 5.41) is 2.91. The van der Waals surface area contributed by atoms with E-state index in [1.807, 2.05) is 49.4 Å². The number of nitrogens with two attached hydrogens (primary N) is 1. The molecule has 5 nitrogen and oxygen atoms in total. The minimum atomic E-state index is -0.511. The molecule has 0 aliphatic carbocycles. The van der Waals surface area contributed by atoms with E-state index in [9.17, 15) is 9.59 Å². The summed E-state index contributed by atoms with van der Waals surface area (Å²) in [6, 6.07) is 14.8. The molecule has 2 aromatic carbocycles. The van der Waals surface area contributed by atoms with Gasteiger partial charge in [-0.2, -0.15) is 0 Å². The largest absolute Gasteiger partial charge is 0.398 e. The Balaban J connectivity index is 1.66. The average molecular weight is 339 g/mol. The molecule has 0 saturated carbocycles. The highest BCUT2D eigenvalue weighted by Crippen LogP contribution is 2.31. The molecule has 1 atom stereocenters. The van der Waals surface area contributed by atoms with Gasteiger partial charge in [-0.1, -0.05) is 48.2 Å². The number of thioether (sulfide) groups is 1. The zero-order chi connectivity index (χ0) is 17.1. The molecule has 0 aromatic heterocycles. The number of carbonyl (C=O) groups is 2. The third kappa shape index (κ3) is 3.49. The molecule has 1 aliphatic rings. The molecule has 24 heavy (non-hydrogen) atoms. The lowest BCUT2D eigenvalue weighted by atomic mass is 10.2. The van der Waals surface area contributed by atoms with Gasteiger partial charge in [-0.05, 0) is 24.6 Å². The van der Waals surface area contributed by atoms with E-state index in [-0.39, 0.29) is 18.2 Å². The molecule has 0 fully saturated rings. The van der Waals surface area contributed by atoms with Crippen LogP contribution in [0.2, 0.25) is 0 Å². The Bertz CT molecular complexity index is 833. The first-order valence-corrected chi connectivity index (χ1v) is 8.42. The molecule has 0 bridgehead atoms. The minimum absolute atomic E-state index is 0.0809. The van der Waals surface area contributed by atoms with E-state index < -0.39 is 5.25 Å². The van der Waals surface area contributed by atoms with E-state index in [0.717, 1.165) is 16.8 Å². The molecule has 1 unspecified atom stereocenters. The first kappa shape index (κ1) is 16.3. The number of nitrogens with one attached hydrogen (secondary N) is 1. The van der Waals surface area contributed by atoms with Gasteiger partial charge in [0.25, 0.3) is 5.91 Å². The molecule has 3 rings (SSSR count). The van der Waals surface area contributed by atoms with Crippen LogP contribution in [0.25, 0.3) is 0 Å². The van der Waals surface area contributed by atoms with Crippen molar-refractivity contribution in [3.63, 3.8) is 0 Å². The van der Waals surface area contributed by atoms with Crippen LogP contribution in [0, 0.1) is 6.92 Å². The SMILES string of the molecule is Cc1ccccc1NC(=O)CC1SC(c2ccccc2N)=NC1=O. The molecule has 0 radical (unpaired) electrons. The van der Waals surface area contributed by atoms with Crippen LogP contribution in [0.15, 0.2) is 53.5 Å². The van der Waals surface area contributed by atoms with Crippen molar-refractivity contribution in [1.82, 2.24) is 0 Å². The number of aryl methyl sites for hydroxylation is 1. The third-order valence-corrected chi connectivity index (χ3v) is 4.91. The number of aliphatic imine (C=N–C) groups is 1. The lowest BCUT2D eigenvalue weighted by Crippen LogP contribution is -2.21. The topological polar surface area (TPSA) is 84.6 Å². The summed E-state index contributed by atoms with van der Waals surface area (Å²) in [4.78, 5) is 28.4. The molecule has 2 amide bonds. The molecule has 6 heteroatoms. The molecule has 2 aromatic rings. The standard InChI is InChI=1S/C18H17N3O2S/c1-11-6-2-5-9-14(11)20-16(22)10-15-17(23)21-18(24-15)12-7-3-4-8-13(12)19/h2-9,15H,10,19H2,1H3,(H,20,22). The van der Waals surface area contributed by atoms with Crippen molar-refractivity contribution in [2.45, 2.75) is 18.6 Å². The van der Waals surface area contributed by atoms with E-state index in [4.69, 9.17) is 5.73 Å². The van der Waals surface area contributed by atoms with E-state index in [0.29, 0.717) is 10.7 Å². The molecule has 1 heterocycles. The van der Waals surface area contributed by atoms with Crippen LogP contribution < -0.4 is 11.1 Å². The number of amides is 2. The van der Waals surface area contributed by atoms with Crippen molar-refractivity contribution in [2.75, 3.05) is 11.1 Å². The normalized spacial score (nSPS) is 16.8. The number of hydrogen-bond acceptors (Lipinski definition) is 4. The van der Waals surface area contributed by atoms with Crippen LogP contribution in [0.3, 0.4) is 0 Å². The van der Waals surface area contributed by atoms with Gasteiger partial charge < -0.3 is 11.1 Å². The number of nitrogen functional groups attached to an aromatic ring is 1. The van der Waals surface area contributed by atoms with E-state index in [1.54, 1.807) is 6.07 Å². The quantitative estimate of drug-likeness (QED) is 0.839. The average Bonchev–Trinajstić information content (AvgIpc) is 2.90. The zero-order valence-corrected chi connectivity index (χ0v) is 14.0. The van der Waals surface area contributed by atoms with Gasteiger partial charge in [0.1, 0.15) is 10.3 Å². The Morgan fingerprint density at radius 2 is 1.92 bits per heavy atom. The highest BCUT2D eigenvalue weighted by Gasteiger charge is 2.31. The van der Waals surface area contributed by atoms with Crippen molar-refractivity contribution in [3.05, 3.63) is 59.7 Å². The minimum Gasteiger partial charge on any atom is -0.398 e. The molecule has 1 aliphatic heterocycles. The molecular formula is C18H17N3O2S. The van der Waals surface area contributed by atoms with Crippen molar-refractivity contribution in [1.29, 1.82) is 0 Å². The smallest absolute Gasteiger partial charge is 0.260 e. The second kappa shape index (κ2) is 6.88. The number of nitrogens with zero attached hydrogens (tertiary/aromatic N) is 1. The highest BCUT2D eigenvalue weighted by atomic mass is 32.2. The number of rotatable bonds is 4. The van der Waals surface area contributed by atoms with Crippen LogP contribution in [0.1, 0.15) is 17.5 Å². The Hall–Kier alpha value is -2.60. The summed E-state index contributed by atoms with van der Waals surface area (Å²) < 4.78 is 0. The van der Waals surface area contributed by atoms with Gasteiger partial charge in [0.15, 0.2) is 0 Å². The number of carbonyl (C=O) groups excluding carboxylic acids is 2. The number of para-hydroxylation sites is 2. The van der Waals surface area contributed by atoms with Crippen LogP contribution in [0.5, 0.6) is 0 Å². The first-order valence-electron chi connectivity index (χ1n) is 7.54. The first-order chi connectivity index (χ1) is 11.5. The summed E-state index contributed by atoms with van der Waals surface area (Å²) in [7, 11) is 0. The summed E-state index contributed by atoms with van der Waals surface area (Å²) in [6.07, 6.45) is 0.0809. The Morgan fingerprint density at radius 1 is 1.21 bits per heavy atom. The maximum Gasteiger partial charge on any atom is 0.260 e. The molecule has 0 saturated heterocycles. The number of anilines is 2. The third-order valence-electron chi connectivity index (χ3n) is 3.72. The zero-order valence-electron chi connectivity index (χ0n) is 13.2. The fourth-order valence-electron chi connectivity index (χ4n) is 2.41. The summed E-state index contributed by atoms with van der Waals surface area (Å²) in [6.45, 7) is 1.92. The second-order valence-electron chi connectivity index (χ2n) is 5.52.